The van der Waals surface area contributed by atoms with Crippen molar-refractivity contribution in [2.75, 3.05) is 6.54 Å². The number of hydrogen-bond donors (Lipinski definition) is 2. The Balaban J connectivity index is 1.30. The lowest BCUT2D eigenvalue weighted by Crippen LogP contribution is -2.25. The number of H-pyrrole nitrogens is 1. The molecule has 0 saturated heterocycles. The van der Waals surface area contributed by atoms with Crippen molar-refractivity contribution in [2.45, 2.75) is 19.4 Å². The number of ether oxygens (including phenoxy) is 1. The highest BCUT2D eigenvalue weighted by molar-refractivity contribution is 7.07. The number of thiazole rings is 1. The quantitative estimate of drug-likeness (QED) is 0.445. The summed E-state index contributed by atoms with van der Waals surface area (Å²) < 4.78 is 5.78. The van der Waals surface area contributed by atoms with Gasteiger partial charge in [0, 0.05) is 18.3 Å². The van der Waals surface area contributed by atoms with Crippen molar-refractivity contribution in [3.8, 4) is 5.75 Å². The van der Waals surface area contributed by atoms with E-state index in [0.717, 1.165) is 35.4 Å². The number of imidazole rings is 1. The summed E-state index contributed by atoms with van der Waals surface area (Å²) in [7, 11) is 0. The van der Waals surface area contributed by atoms with E-state index in [1.807, 2.05) is 41.8 Å². The fourth-order valence-electron chi connectivity index (χ4n) is 2.92. The fraction of sp³-hybridized carbons (Fsp3) is 0.190. The minimum absolute atomic E-state index is 0.140. The number of fused-ring (bicyclic) bond motifs is 1. The van der Waals surface area contributed by atoms with E-state index in [4.69, 9.17) is 4.74 Å². The monoisotopic (exact) mass is 392 g/mol. The van der Waals surface area contributed by atoms with Crippen molar-refractivity contribution in [1.29, 1.82) is 0 Å². The first-order valence-corrected chi connectivity index (χ1v) is 10.0. The van der Waals surface area contributed by atoms with E-state index in [2.05, 4.69) is 20.3 Å². The number of benzene rings is 2. The van der Waals surface area contributed by atoms with Crippen molar-refractivity contribution in [3.05, 3.63) is 76.5 Å². The van der Waals surface area contributed by atoms with Gasteiger partial charge >= 0.3 is 0 Å². The van der Waals surface area contributed by atoms with Crippen LogP contribution >= 0.6 is 11.3 Å². The first-order valence-electron chi connectivity index (χ1n) is 9.10. The number of nitrogens with zero attached hydrogens (tertiary/aromatic N) is 2. The van der Waals surface area contributed by atoms with Crippen molar-refractivity contribution >= 4 is 28.3 Å². The Morgan fingerprint density at radius 3 is 2.86 bits per heavy atom. The lowest BCUT2D eigenvalue weighted by Gasteiger charge is -2.11. The second kappa shape index (κ2) is 8.67. The van der Waals surface area contributed by atoms with Gasteiger partial charge in [-0.15, -0.1) is 11.3 Å². The molecular formula is C21H20N4O2S. The van der Waals surface area contributed by atoms with Crippen molar-refractivity contribution < 1.29 is 9.53 Å². The predicted octanol–water partition coefficient (Wildman–Crippen LogP) is 3.96. The van der Waals surface area contributed by atoms with E-state index in [1.54, 1.807) is 17.6 Å². The van der Waals surface area contributed by atoms with Crippen LogP contribution in [-0.2, 0) is 13.0 Å². The predicted molar refractivity (Wildman–Crippen MR) is 110 cm³/mol. The molecule has 0 aliphatic heterocycles. The first kappa shape index (κ1) is 18.2. The lowest BCUT2D eigenvalue weighted by molar-refractivity contribution is 0.0948. The van der Waals surface area contributed by atoms with Crippen LogP contribution in [0.2, 0.25) is 0 Å². The molecule has 0 aliphatic rings. The van der Waals surface area contributed by atoms with Crippen molar-refractivity contribution in [3.63, 3.8) is 0 Å². The van der Waals surface area contributed by atoms with Crippen LogP contribution in [0.4, 0.5) is 0 Å². The highest BCUT2D eigenvalue weighted by Crippen LogP contribution is 2.19. The van der Waals surface area contributed by atoms with E-state index in [-0.39, 0.29) is 5.91 Å². The zero-order valence-corrected chi connectivity index (χ0v) is 16.0. The normalized spacial score (nSPS) is 10.9. The third-order valence-corrected chi connectivity index (χ3v) is 4.94. The Kier molecular flexibility index (Phi) is 5.63. The fourth-order valence-corrected chi connectivity index (χ4v) is 3.46. The van der Waals surface area contributed by atoms with Gasteiger partial charge in [0.1, 0.15) is 18.2 Å². The van der Waals surface area contributed by atoms with E-state index in [0.29, 0.717) is 24.5 Å². The molecule has 0 aliphatic carbocycles. The number of nitrogens with one attached hydrogen (secondary N) is 2. The van der Waals surface area contributed by atoms with Crippen LogP contribution in [0.25, 0.3) is 11.0 Å². The van der Waals surface area contributed by atoms with E-state index in [9.17, 15) is 4.79 Å². The molecule has 28 heavy (non-hydrogen) atoms. The van der Waals surface area contributed by atoms with Crippen LogP contribution in [0.15, 0.2) is 59.4 Å². The number of carbonyl (C=O) groups is 1. The van der Waals surface area contributed by atoms with Gasteiger partial charge in [0.2, 0.25) is 0 Å². The summed E-state index contributed by atoms with van der Waals surface area (Å²) in [6, 6.07) is 15.2. The number of amides is 1. The molecule has 2 heterocycles. The molecule has 0 fully saturated rings. The maximum Gasteiger partial charge on any atom is 0.255 e. The SMILES string of the molecule is O=C(NCCCc1nc2ccccc2[nH]1)c1ccccc1OCc1cscn1. The standard InChI is InChI=1S/C21H20N4O2S/c26-21(16-6-1-4-9-19(16)27-12-15-13-28-14-23-15)22-11-5-10-20-24-17-7-2-3-8-18(17)25-20/h1-4,6-9,13-14H,5,10-12H2,(H,22,26)(H,24,25). The van der Waals surface area contributed by atoms with Crippen LogP contribution in [0.5, 0.6) is 5.75 Å². The second-order valence-corrected chi connectivity index (χ2v) is 7.04. The van der Waals surface area contributed by atoms with Gasteiger partial charge in [0.25, 0.3) is 5.91 Å². The molecular weight excluding hydrogens is 372 g/mol. The number of aryl methyl sites for hydroxylation is 1. The average molecular weight is 392 g/mol. The molecule has 4 rings (SSSR count). The van der Waals surface area contributed by atoms with E-state index < -0.39 is 0 Å². The molecule has 2 aromatic heterocycles. The van der Waals surface area contributed by atoms with Gasteiger partial charge in [-0.3, -0.25) is 4.79 Å². The van der Waals surface area contributed by atoms with Crippen LogP contribution in [0.3, 0.4) is 0 Å². The Labute approximate surface area is 166 Å². The molecule has 1 amide bonds. The molecule has 2 aromatic carbocycles. The molecule has 2 N–H and O–H groups in total. The highest BCUT2D eigenvalue weighted by atomic mass is 32.1. The molecule has 0 saturated carbocycles. The zero-order valence-electron chi connectivity index (χ0n) is 15.2. The minimum Gasteiger partial charge on any atom is -0.486 e. The number of rotatable bonds is 8. The summed E-state index contributed by atoms with van der Waals surface area (Å²) in [6.45, 7) is 0.913. The summed E-state index contributed by atoms with van der Waals surface area (Å²) in [5, 5.41) is 4.89. The molecule has 142 valence electrons. The second-order valence-electron chi connectivity index (χ2n) is 6.32. The molecule has 7 heteroatoms. The number of hydrogen-bond acceptors (Lipinski definition) is 5. The Morgan fingerprint density at radius 1 is 1.14 bits per heavy atom. The lowest BCUT2D eigenvalue weighted by atomic mass is 10.2. The first-order chi connectivity index (χ1) is 13.8. The molecule has 0 unspecified atom stereocenters. The van der Waals surface area contributed by atoms with E-state index in [1.165, 1.54) is 11.3 Å². The van der Waals surface area contributed by atoms with Crippen molar-refractivity contribution in [2.24, 2.45) is 0 Å². The summed E-state index contributed by atoms with van der Waals surface area (Å²) >= 11 is 1.52. The zero-order chi connectivity index (χ0) is 19.2. The third-order valence-electron chi connectivity index (χ3n) is 4.31. The number of carbonyl (C=O) groups excluding carboxylic acids is 1. The highest BCUT2D eigenvalue weighted by Gasteiger charge is 2.12. The van der Waals surface area contributed by atoms with Gasteiger partial charge < -0.3 is 15.0 Å². The van der Waals surface area contributed by atoms with Gasteiger partial charge in [0.15, 0.2) is 0 Å². The summed E-state index contributed by atoms with van der Waals surface area (Å²) in [5.41, 5.74) is 5.15. The molecule has 0 atom stereocenters. The van der Waals surface area contributed by atoms with Gasteiger partial charge in [-0.05, 0) is 30.7 Å². The molecule has 0 spiro atoms. The number of aromatic amines is 1. The Hall–Kier alpha value is -3.19. The van der Waals surface area contributed by atoms with Crippen LogP contribution in [0.1, 0.15) is 28.3 Å². The molecule has 4 aromatic rings. The topological polar surface area (TPSA) is 79.9 Å². The molecule has 0 radical (unpaired) electrons. The van der Waals surface area contributed by atoms with Crippen LogP contribution in [-0.4, -0.2) is 27.4 Å². The van der Waals surface area contributed by atoms with Gasteiger partial charge in [0.05, 0.1) is 27.8 Å². The van der Waals surface area contributed by atoms with Crippen LogP contribution < -0.4 is 10.1 Å². The third kappa shape index (κ3) is 4.37. The van der Waals surface area contributed by atoms with Crippen LogP contribution in [0, 0.1) is 0 Å². The summed E-state index contributed by atoms with van der Waals surface area (Å²) in [4.78, 5) is 24.6. The summed E-state index contributed by atoms with van der Waals surface area (Å²) in [6.07, 6.45) is 1.57. The molecule has 0 bridgehead atoms. The Morgan fingerprint density at radius 2 is 2.00 bits per heavy atom. The van der Waals surface area contributed by atoms with E-state index >= 15 is 0 Å². The molecule has 6 nitrogen and oxygen atoms in total. The number of para-hydroxylation sites is 3. The van der Waals surface area contributed by atoms with Gasteiger partial charge in [-0.2, -0.15) is 0 Å². The maximum absolute atomic E-state index is 12.6. The summed E-state index contributed by atoms with van der Waals surface area (Å²) in [5.74, 6) is 1.35. The van der Waals surface area contributed by atoms with Crippen molar-refractivity contribution in [1.82, 2.24) is 20.3 Å². The largest absolute Gasteiger partial charge is 0.486 e. The van der Waals surface area contributed by atoms with Gasteiger partial charge in [-0.25, -0.2) is 9.97 Å². The average Bonchev–Trinajstić information content (AvgIpc) is 3.39. The number of aromatic nitrogens is 3. The smallest absolute Gasteiger partial charge is 0.255 e. The Bertz CT molecular complexity index is 1030. The van der Waals surface area contributed by atoms with Gasteiger partial charge in [-0.1, -0.05) is 24.3 Å². The maximum atomic E-state index is 12.6. The minimum atomic E-state index is -0.140.